The van der Waals surface area contributed by atoms with Crippen LogP contribution < -0.4 is 10.5 Å². The van der Waals surface area contributed by atoms with Crippen molar-refractivity contribution < 1.29 is 27.2 Å². The second-order valence-corrected chi connectivity index (χ2v) is 8.77. The quantitative estimate of drug-likeness (QED) is 0.589. The van der Waals surface area contributed by atoms with Gasteiger partial charge in [-0.3, -0.25) is 14.2 Å². The third-order valence-corrected chi connectivity index (χ3v) is 6.10. The Morgan fingerprint density at radius 2 is 1.84 bits per heavy atom. The number of aliphatic imine (C=N–C) groups is 1. The van der Waals surface area contributed by atoms with Crippen molar-refractivity contribution in [1.29, 1.82) is 0 Å². The predicted octanol–water partition coefficient (Wildman–Crippen LogP) is 1.69. The Hall–Kier alpha value is -2.95. The van der Waals surface area contributed by atoms with Gasteiger partial charge >= 0.3 is 0 Å². The Morgan fingerprint density at radius 1 is 1.16 bits per heavy atom. The van der Waals surface area contributed by atoms with E-state index in [9.17, 15) is 13.2 Å². The highest BCUT2D eigenvalue weighted by Gasteiger charge is 2.49. The molecule has 3 rings (SSSR count). The van der Waals surface area contributed by atoms with Gasteiger partial charge in [-0.05, 0) is 41.3 Å². The number of hydrogen-bond donors (Lipinski definition) is 2. The molecule has 2 atom stereocenters. The highest BCUT2D eigenvalue weighted by Crippen LogP contribution is 2.40. The maximum atomic E-state index is 13.4. The molecule has 2 aromatic rings. The normalized spacial score (nSPS) is 19.9. The lowest BCUT2D eigenvalue weighted by atomic mass is 9.81. The van der Waals surface area contributed by atoms with E-state index in [2.05, 4.69) is 4.99 Å². The Kier molecular flexibility index (Phi) is 6.35. The average Bonchev–Trinajstić information content (AvgIpc) is 2.98. The van der Waals surface area contributed by atoms with Crippen molar-refractivity contribution in [2.75, 3.05) is 27.0 Å². The smallest absolute Gasteiger partial charge is 0.266 e. The summed E-state index contributed by atoms with van der Waals surface area (Å²) in [5.74, 6) is -0.0558. The van der Waals surface area contributed by atoms with Gasteiger partial charge in [0.2, 0.25) is 0 Å². The van der Waals surface area contributed by atoms with E-state index in [0.29, 0.717) is 22.4 Å². The Labute approximate surface area is 181 Å². The fourth-order valence-corrected chi connectivity index (χ4v) is 4.17. The molecular weight excluding hydrogens is 422 g/mol. The number of benzene rings is 2. The molecule has 2 unspecified atom stereocenters. The molecule has 0 radical (unpaired) electrons. The van der Waals surface area contributed by atoms with Crippen molar-refractivity contribution in [1.82, 2.24) is 4.90 Å². The number of amides is 1. The average molecular weight is 448 g/mol. The van der Waals surface area contributed by atoms with Crippen molar-refractivity contribution in [3.63, 3.8) is 0 Å². The van der Waals surface area contributed by atoms with Gasteiger partial charge in [0.05, 0.1) is 19.0 Å². The van der Waals surface area contributed by atoms with Gasteiger partial charge in [0.15, 0.2) is 11.5 Å². The fraction of sp³-hybridized carbons (Fsp3) is 0.333. The molecule has 10 heteroatoms. The molecule has 31 heavy (non-hydrogen) atoms. The third-order valence-electron chi connectivity index (χ3n) is 5.35. The van der Waals surface area contributed by atoms with Crippen molar-refractivity contribution in [3.05, 3.63) is 65.2 Å². The minimum atomic E-state index is -4.14. The Balaban J connectivity index is 2.11. The van der Waals surface area contributed by atoms with Crippen LogP contribution in [0.15, 0.2) is 53.5 Å². The minimum Gasteiger partial charge on any atom is -0.497 e. The zero-order chi connectivity index (χ0) is 22.8. The number of rotatable bonds is 8. The molecule has 0 spiro atoms. The predicted molar refractivity (Wildman–Crippen MR) is 115 cm³/mol. The molecule has 1 aliphatic rings. The molecule has 1 amide bonds. The first-order valence-electron chi connectivity index (χ1n) is 9.49. The van der Waals surface area contributed by atoms with Gasteiger partial charge in [-0.2, -0.15) is 8.42 Å². The van der Waals surface area contributed by atoms with Crippen LogP contribution in [0.25, 0.3) is 0 Å². The second-order valence-electron chi connectivity index (χ2n) is 7.20. The molecule has 9 nitrogen and oxygen atoms in total. The summed E-state index contributed by atoms with van der Waals surface area (Å²) < 4.78 is 42.1. The van der Waals surface area contributed by atoms with Crippen LogP contribution in [-0.4, -0.2) is 56.8 Å². The molecule has 1 aliphatic heterocycles. The summed E-state index contributed by atoms with van der Waals surface area (Å²) in [5.41, 5.74) is 6.41. The zero-order valence-corrected chi connectivity index (χ0v) is 18.3. The summed E-state index contributed by atoms with van der Waals surface area (Å²) in [6, 6.07) is 14.0. The van der Waals surface area contributed by atoms with Crippen molar-refractivity contribution in [3.8, 4) is 5.75 Å². The molecule has 166 valence electrons. The molecule has 0 fully saturated rings. The summed E-state index contributed by atoms with van der Waals surface area (Å²) in [5, 5.41) is 0. The SMILES string of the molecule is COc1ccc(C2(c3cccc(C(CCS(=O)(=O)O)OC)c3)N=C(N)N(C)C2=O)cc1. The number of nitrogens with two attached hydrogens (primary N) is 1. The molecular formula is C21H25N3O6S. The van der Waals surface area contributed by atoms with Crippen LogP contribution in [0.5, 0.6) is 5.75 Å². The molecule has 0 saturated heterocycles. The second kappa shape index (κ2) is 8.66. The summed E-state index contributed by atoms with van der Waals surface area (Å²) in [4.78, 5) is 19.2. The van der Waals surface area contributed by atoms with Crippen molar-refractivity contribution in [2.24, 2.45) is 10.7 Å². The van der Waals surface area contributed by atoms with Gasteiger partial charge in [-0.25, -0.2) is 4.99 Å². The van der Waals surface area contributed by atoms with E-state index < -0.39 is 27.5 Å². The van der Waals surface area contributed by atoms with Crippen LogP contribution in [0.1, 0.15) is 29.2 Å². The number of ether oxygens (including phenoxy) is 2. The first kappa shape index (κ1) is 22.7. The van der Waals surface area contributed by atoms with E-state index in [0.717, 1.165) is 0 Å². The van der Waals surface area contributed by atoms with Crippen molar-refractivity contribution in [2.45, 2.75) is 18.1 Å². The molecule has 0 bridgehead atoms. The van der Waals surface area contributed by atoms with Gasteiger partial charge in [0.1, 0.15) is 5.75 Å². The van der Waals surface area contributed by atoms with E-state index in [1.54, 1.807) is 62.7 Å². The van der Waals surface area contributed by atoms with Crippen LogP contribution in [0.4, 0.5) is 0 Å². The van der Waals surface area contributed by atoms with Gasteiger partial charge in [-0.1, -0.05) is 30.3 Å². The zero-order valence-electron chi connectivity index (χ0n) is 17.5. The van der Waals surface area contributed by atoms with Gasteiger partial charge < -0.3 is 15.2 Å². The first-order chi connectivity index (χ1) is 14.6. The van der Waals surface area contributed by atoms with Gasteiger partial charge in [0.25, 0.3) is 16.0 Å². The maximum absolute atomic E-state index is 13.4. The summed E-state index contributed by atoms with van der Waals surface area (Å²) in [6.07, 6.45) is -0.557. The van der Waals surface area contributed by atoms with Crippen LogP contribution in [0.2, 0.25) is 0 Å². The molecule has 0 saturated carbocycles. The Bertz CT molecular complexity index is 1100. The highest BCUT2D eigenvalue weighted by atomic mass is 32.2. The molecule has 0 aliphatic carbocycles. The fourth-order valence-electron chi connectivity index (χ4n) is 3.66. The number of hydrogen-bond acceptors (Lipinski definition) is 7. The third kappa shape index (κ3) is 4.41. The summed E-state index contributed by atoms with van der Waals surface area (Å²) >= 11 is 0. The summed E-state index contributed by atoms with van der Waals surface area (Å²) in [7, 11) is 0.418. The lowest BCUT2D eigenvalue weighted by Crippen LogP contribution is -2.41. The lowest BCUT2D eigenvalue weighted by molar-refractivity contribution is -0.129. The molecule has 3 N–H and O–H groups in total. The van der Waals surface area contributed by atoms with Gasteiger partial charge in [0, 0.05) is 14.2 Å². The number of guanidine groups is 1. The minimum absolute atomic E-state index is 0.0492. The monoisotopic (exact) mass is 447 g/mol. The first-order valence-corrected chi connectivity index (χ1v) is 11.1. The molecule has 2 aromatic carbocycles. The largest absolute Gasteiger partial charge is 0.497 e. The number of nitrogens with zero attached hydrogens (tertiary/aromatic N) is 2. The van der Waals surface area contributed by atoms with Crippen LogP contribution in [0.3, 0.4) is 0 Å². The summed E-state index contributed by atoms with van der Waals surface area (Å²) in [6.45, 7) is 0. The topological polar surface area (TPSA) is 132 Å². The Morgan fingerprint density at radius 3 is 2.35 bits per heavy atom. The lowest BCUT2D eigenvalue weighted by Gasteiger charge is -2.27. The number of methoxy groups -OCH3 is 2. The van der Waals surface area contributed by atoms with Crippen LogP contribution >= 0.6 is 0 Å². The molecule has 0 aromatic heterocycles. The standard InChI is InChI=1S/C21H25N3O6S/c1-24-19(25)21(23-20(24)22,15-7-9-17(29-2)10-8-15)16-6-4-5-14(13-16)18(30-3)11-12-31(26,27)28/h4-10,13,18H,11-12H2,1-3H3,(H2,22,23)(H,26,27,28). The van der Waals surface area contributed by atoms with E-state index in [4.69, 9.17) is 19.8 Å². The van der Waals surface area contributed by atoms with E-state index >= 15 is 0 Å². The van der Waals surface area contributed by atoms with E-state index in [1.807, 2.05) is 0 Å². The maximum Gasteiger partial charge on any atom is 0.266 e. The number of carbonyl (C=O) groups is 1. The number of carbonyl (C=O) groups excluding carboxylic acids is 1. The van der Waals surface area contributed by atoms with Crippen molar-refractivity contribution >= 4 is 22.0 Å². The van der Waals surface area contributed by atoms with Crippen LogP contribution in [-0.2, 0) is 25.2 Å². The van der Waals surface area contributed by atoms with E-state index in [1.165, 1.54) is 12.0 Å². The van der Waals surface area contributed by atoms with Crippen LogP contribution in [0, 0.1) is 0 Å². The number of likely N-dealkylation sites (N-methyl/N-ethyl adjacent to an activating group) is 1. The molecule has 1 heterocycles. The van der Waals surface area contributed by atoms with Gasteiger partial charge in [-0.15, -0.1) is 0 Å². The highest BCUT2D eigenvalue weighted by molar-refractivity contribution is 7.85. The van der Waals surface area contributed by atoms with E-state index in [-0.39, 0.29) is 18.3 Å².